The standard InChI is InChI=1S/C15H21N3O5/c1-3-16-15(20)11(2)23-14(19)9-6-10-17-12-7-4-5-8-13(12)18(21)22/h4-5,7-8,11,17H,3,6,9-10H2,1-2H3,(H,16,20)/t11-/m0/s1. The summed E-state index contributed by atoms with van der Waals surface area (Å²) in [7, 11) is 0. The molecule has 0 fully saturated rings. The first kappa shape index (κ1) is 18.4. The molecule has 126 valence electrons. The Hall–Kier alpha value is -2.64. The van der Waals surface area contributed by atoms with Crippen LogP contribution in [0.25, 0.3) is 0 Å². The molecule has 1 aromatic carbocycles. The van der Waals surface area contributed by atoms with Crippen molar-refractivity contribution in [3.05, 3.63) is 34.4 Å². The Balaban J connectivity index is 2.34. The van der Waals surface area contributed by atoms with E-state index in [1.165, 1.54) is 13.0 Å². The van der Waals surface area contributed by atoms with E-state index >= 15 is 0 Å². The Morgan fingerprint density at radius 3 is 2.70 bits per heavy atom. The lowest BCUT2D eigenvalue weighted by atomic mass is 10.2. The normalized spacial score (nSPS) is 11.4. The van der Waals surface area contributed by atoms with Gasteiger partial charge in [0.25, 0.3) is 11.6 Å². The summed E-state index contributed by atoms with van der Waals surface area (Å²) in [5.41, 5.74) is 0.390. The highest BCUT2D eigenvalue weighted by molar-refractivity contribution is 5.83. The van der Waals surface area contributed by atoms with E-state index in [0.29, 0.717) is 25.2 Å². The molecule has 0 aromatic heterocycles. The Kier molecular flexibility index (Phi) is 7.52. The molecule has 0 heterocycles. The number of hydrogen-bond acceptors (Lipinski definition) is 6. The van der Waals surface area contributed by atoms with E-state index in [-0.39, 0.29) is 18.0 Å². The highest BCUT2D eigenvalue weighted by Crippen LogP contribution is 2.22. The van der Waals surface area contributed by atoms with Crippen molar-refractivity contribution in [2.24, 2.45) is 0 Å². The number of nitro benzene ring substituents is 1. The van der Waals surface area contributed by atoms with Gasteiger partial charge in [0.15, 0.2) is 6.10 Å². The van der Waals surface area contributed by atoms with Crippen molar-refractivity contribution >= 4 is 23.3 Å². The molecule has 1 atom stereocenters. The van der Waals surface area contributed by atoms with Crippen LogP contribution in [-0.2, 0) is 14.3 Å². The summed E-state index contributed by atoms with van der Waals surface area (Å²) >= 11 is 0. The molecule has 23 heavy (non-hydrogen) atoms. The summed E-state index contributed by atoms with van der Waals surface area (Å²) in [5.74, 6) is -0.813. The first-order valence-corrected chi connectivity index (χ1v) is 7.40. The van der Waals surface area contributed by atoms with Crippen LogP contribution in [0.2, 0.25) is 0 Å². The Labute approximate surface area is 134 Å². The van der Waals surface area contributed by atoms with Gasteiger partial charge in [-0.3, -0.25) is 19.7 Å². The first-order valence-electron chi connectivity index (χ1n) is 7.40. The summed E-state index contributed by atoms with van der Waals surface area (Å²) in [6.07, 6.45) is -0.268. The first-order chi connectivity index (χ1) is 11.0. The van der Waals surface area contributed by atoms with Crippen LogP contribution in [0.1, 0.15) is 26.7 Å². The third kappa shape index (κ3) is 6.33. The molecular formula is C15H21N3O5. The van der Waals surface area contributed by atoms with E-state index < -0.39 is 17.0 Å². The van der Waals surface area contributed by atoms with Crippen molar-refractivity contribution in [3.8, 4) is 0 Å². The van der Waals surface area contributed by atoms with Gasteiger partial charge in [0.05, 0.1) is 4.92 Å². The minimum atomic E-state index is -0.828. The fourth-order valence-electron chi connectivity index (χ4n) is 1.87. The van der Waals surface area contributed by atoms with Crippen LogP contribution in [-0.4, -0.2) is 36.0 Å². The SMILES string of the molecule is CCNC(=O)[C@H](C)OC(=O)CCCNc1ccccc1[N+](=O)[O-]. The molecule has 0 aliphatic carbocycles. The maximum atomic E-state index is 11.6. The zero-order valence-corrected chi connectivity index (χ0v) is 13.2. The monoisotopic (exact) mass is 323 g/mol. The smallest absolute Gasteiger partial charge is 0.306 e. The van der Waals surface area contributed by atoms with Crippen LogP contribution >= 0.6 is 0 Å². The third-order valence-electron chi connectivity index (χ3n) is 3.00. The van der Waals surface area contributed by atoms with E-state index in [9.17, 15) is 19.7 Å². The topological polar surface area (TPSA) is 111 Å². The number of benzene rings is 1. The van der Waals surface area contributed by atoms with Gasteiger partial charge < -0.3 is 15.4 Å². The molecule has 0 radical (unpaired) electrons. The molecule has 0 aliphatic rings. The van der Waals surface area contributed by atoms with Gasteiger partial charge in [-0.25, -0.2) is 0 Å². The van der Waals surface area contributed by atoms with Crippen molar-refractivity contribution < 1.29 is 19.2 Å². The number of nitro groups is 1. The minimum absolute atomic E-state index is 0.0139. The Morgan fingerprint density at radius 1 is 1.35 bits per heavy atom. The number of carbonyl (C=O) groups excluding carboxylic acids is 2. The fraction of sp³-hybridized carbons (Fsp3) is 0.467. The number of esters is 1. The average Bonchev–Trinajstić information content (AvgIpc) is 2.52. The van der Waals surface area contributed by atoms with E-state index in [1.54, 1.807) is 25.1 Å². The van der Waals surface area contributed by atoms with Gasteiger partial charge >= 0.3 is 5.97 Å². The van der Waals surface area contributed by atoms with Crippen LogP contribution in [0.4, 0.5) is 11.4 Å². The largest absolute Gasteiger partial charge is 0.453 e. The van der Waals surface area contributed by atoms with Crippen LogP contribution in [0.15, 0.2) is 24.3 Å². The molecule has 1 aromatic rings. The Morgan fingerprint density at radius 2 is 2.04 bits per heavy atom. The van der Waals surface area contributed by atoms with Crippen molar-refractivity contribution in [2.75, 3.05) is 18.4 Å². The third-order valence-corrected chi connectivity index (χ3v) is 3.00. The van der Waals surface area contributed by atoms with E-state index in [2.05, 4.69) is 10.6 Å². The number of para-hydroxylation sites is 2. The second kappa shape index (κ2) is 9.39. The van der Waals surface area contributed by atoms with Crippen LogP contribution in [0.5, 0.6) is 0 Å². The summed E-state index contributed by atoms with van der Waals surface area (Å²) in [6, 6.07) is 6.29. The molecule has 1 amide bonds. The van der Waals surface area contributed by atoms with Crippen molar-refractivity contribution in [3.63, 3.8) is 0 Å². The molecule has 2 N–H and O–H groups in total. The highest BCUT2D eigenvalue weighted by atomic mass is 16.6. The van der Waals surface area contributed by atoms with Crippen molar-refractivity contribution in [1.82, 2.24) is 5.32 Å². The maximum absolute atomic E-state index is 11.6. The second-order valence-electron chi connectivity index (χ2n) is 4.83. The van der Waals surface area contributed by atoms with Gasteiger partial charge in [0, 0.05) is 25.6 Å². The number of hydrogen-bond donors (Lipinski definition) is 2. The summed E-state index contributed by atoms with van der Waals surface area (Å²) in [6.45, 7) is 4.14. The van der Waals surface area contributed by atoms with Gasteiger partial charge in [0.2, 0.25) is 0 Å². The number of rotatable bonds is 9. The van der Waals surface area contributed by atoms with Gasteiger partial charge in [-0.2, -0.15) is 0 Å². The predicted octanol–water partition coefficient (Wildman–Crippen LogP) is 1.85. The number of ether oxygens (including phenoxy) is 1. The van der Waals surface area contributed by atoms with Crippen molar-refractivity contribution in [1.29, 1.82) is 0 Å². The van der Waals surface area contributed by atoms with Crippen LogP contribution < -0.4 is 10.6 Å². The van der Waals surface area contributed by atoms with Crippen LogP contribution in [0.3, 0.4) is 0 Å². The number of amides is 1. The quantitative estimate of drug-likeness (QED) is 0.310. The zero-order valence-electron chi connectivity index (χ0n) is 13.2. The number of nitrogens with one attached hydrogen (secondary N) is 2. The lowest BCUT2D eigenvalue weighted by Gasteiger charge is -2.12. The highest BCUT2D eigenvalue weighted by Gasteiger charge is 2.16. The van der Waals surface area contributed by atoms with Gasteiger partial charge in [-0.15, -0.1) is 0 Å². The minimum Gasteiger partial charge on any atom is -0.453 e. The molecule has 1 rings (SSSR count). The Bertz CT molecular complexity index is 562. The molecule has 0 saturated heterocycles. The van der Waals surface area contributed by atoms with E-state index in [1.807, 2.05) is 0 Å². The molecular weight excluding hydrogens is 302 g/mol. The molecule has 0 unspecified atom stereocenters. The number of anilines is 1. The van der Waals surface area contributed by atoms with Gasteiger partial charge in [-0.05, 0) is 26.3 Å². The summed E-state index contributed by atoms with van der Waals surface area (Å²) < 4.78 is 4.99. The van der Waals surface area contributed by atoms with Gasteiger partial charge in [0.1, 0.15) is 5.69 Å². The zero-order chi connectivity index (χ0) is 17.2. The van der Waals surface area contributed by atoms with E-state index in [0.717, 1.165) is 0 Å². The summed E-state index contributed by atoms with van der Waals surface area (Å²) in [5, 5.41) is 16.3. The number of nitrogens with zero attached hydrogens (tertiary/aromatic N) is 1. The molecule has 8 heteroatoms. The molecule has 0 bridgehead atoms. The van der Waals surface area contributed by atoms with Gasteiger partial charge in [-0.1, -0.05) is 12.1 Å². The average molecular weight is 323 g/mol. The lowest BCUT2D eigenvalue weighted by Crippen LogP contribution is -2.35. The molecule has 8 nitrogen and oxygen atoms in total. The maximum Gasteiger partial charge on any atom is 0.306 e. The molecule has 0 aliphatic heterocycles. The molecule has 0 spiro atoms. The summed E-state index contributed by atoms with van der Waals surface area (Å²) in [4.78, 5) is 33.4. The number of carbonyl (C=O) groups is 2. The second-order valence-corrected chi connectivity index (χ2v) is 4.83. The lowest BCUT2D eigenvalue weighted by molar-refractivity contribution is -0.384. The van der Waals surface area contributed by atoms with Crippen LogP contribution in [0, 0.1) is 10.1 Å². The van der Waals surface area contributed by atoms with E-state index in [4.69, 9.17) is 4.74 Å². The predicted molar refractivity (Wildman–Crippen MR) is 85.1 cm³/mol. The molecule has 0 saturated carbocycles. The fourth-order valence-corrected chi connectivity index (χ4v) is 1.87. The number of likely N-dealkylation sites (N-methyl/N-ethyl adjacent to an activating group) is 1. The van der Waals surface area contributed by atoms with Crippen molar-refractivity contribution in [2.45, 2.75) is 32.8 Å².